The summed E-state index contributed by atoms with van der Waals surface area (Å²) in [6, 6.07) is 5.67. The number of halogens is 1. The van der Waals surface area contributed by atoms with Crippen molar-refractivity contribution in [2.24, 2.45) is 0 Å². The smallest absolute Gasteiger partial charge is 0.286 e. The summed E-state index contributed by atoms with van der Waals surface area (Å²) in [5.74, 6) is 0.699. The van der Waals surface area contributed by atoms with Gasteiger partial charge in [0.15, 0.2) is 5.82 Å². The largest absolute Gasteiger partial charge is 0.320 e. The van der Waals surface area contributed by atoms with Crippen LogP contribution in [0.4, 0.5) is 5.69 Å². The lowest BCUT2D eigenvalue weighted by atomic mass is 10.2. The number of carbonyl (C=O) groups is 1. The number of aryl methyl sites for hydroxylation is 1. The van der Waals surface area contributed by atoms with E-state index in [4.69, 9.17) is 0 Å². The van der Waals surface area contributed by atoms with Crippen LogP contribution in [0.2, 0.25) is 0 Å². The molecule has 0 aliphatic carbocycles. The average Bonchev–Trinajstić information content (AvgIpc) is 3.02. The number of anilines is 1. The fourth-order valence-corrected chi connectivity index (χ4v) is 3.06. The first kappa shape index (κ1) is 15.1. The van der Waals surface area contributed by atoms with E-state index in [-0.39, 0.29) is 11.8 Å². The van der Waals surface area contributed by atoms with Crippen LogP contribution in [-0.4, -0.2) is 25.7 Å². The molecular formula is C14H14BrN5OS. The molecule has 0 bridgehead atoms. The molecule has 22 heavy (non-hydrogen) atoms. The number of rotatable bonds is 3. The van der Waals surface area contributed by atoms with Crippen LogP contribution in [0.25, 0.3) is 4.96 Å². The fraction of sp³-hybridized carbons (Fsp3) is 0.286. The molecule has 0 radical (unpaired) electrons. The SMILES string of the molecule is Cc1ccc(NC(=O)c2nn3c(C(C)C)nnc3s2)cc1Br. The van der Waals surface area contributed by atoms with E-state index in [1.807, 2.05) is 39.0 Å². The molecule has 114 valence electrons. The van der Waals surface area contributed by atoms with Crippen LogP contribution >= 0.6 is 27.3 Å². The van der Waals surface area contributed by atoms with Gasteiger partial charge in [-0.05, 0) is 24.6 Å². The van der Waals surface area contributed by atoms with Gasteiger partial charge in [0, 0.05) is 16.1 Å². The summed E-state index contributed by atoms with van der Waals surface area (Å²) in [4.78, 5) is 12.9. The lowest BCUT2D eigenvalue weighted by Gasteiger charge is -2.05. The Morgan fingerprint density at radius 3 is 2.82 bits per heavy atom. The second kappa shape index (κ2) is 5.77. The van der Waals surface area contributed by atoms with E-state index in [2.05, 4.69) is 36.5 Å². The first-order chi connectivity index (χ1) is 10.5. The van der Waals surface area contributed by atoms with Gasteiger partial charge in [-0.2, -0.15) is 4.52 Å². The number of benzene rings is 1. The molecule has 0 unspecified atom stereocenters. The molecule has 0 atom stereocenters. The topological polar surface area (TPSA) is 72.2 Å². The number of hydrogen-bond donors (Lipinski definition) is 1. The molecule has 0 fully saturated rings. The molecule has 3 aromatic rings. The van der Waals surface area contributed by atoms with Gasteiger partial charge in [0.2, 0.25) is 9.97 Å². The van der Waals surface area contributed by atoms with Crippen LogP contribution in [-0.2, 0) is 0 Å². The lowest BCUT2D eigenvalue weighted by Crippen LogP contribution is -2.12. The van der Waals surface area contributed by atoms with Crippen LogP contribution in [0, 0.1) is 6.92 Å². The number of fused-ring (bicyclic) bond motifs is 1. The number of nitrogens with one attached hydrogen (secondary N) is 1. The van der Waals surface area contributed by atoms with E-state index >= 15 is 0 Å². The number of aromatic nitrogens is 4. The Kier molecular flexibility index (Phi) is 3.96. The maximum absolute atomic E-state index is 12.3. The van der Waals surface area contributed by atoms with Crippen LogP contribution in [0.5, 0.6) is 0 Å². The zero-order chi connectivity index (χ0) is 15.9. The van der Waals surface area contributed by atoms with Crippen molar-refractivity contribution in [2.45, 2.75) is 26.7 Å². The maximum atomic E-state index is 12.3. The third kappa shape index (κ3) is 2.76. The van der Waals surface area contributed by atoms with Crippen molar-refractivity contribution in [3.63, 3.8) is 0 Å². The molecule has 1 aromatic carbocycles. The summed E-state index contributed by atoms with van der Waals surface area (Å²) in [7, 11) is 0. The second-order valence-corrected chi connectivity index (χ2v) is 7.04. The molecule has 0 saturated carbocycles. The number of carbonyl (C=O) groups excluding carboxylic acids is 1. The Bertz CT molecular complexity index is 854. The maximum Gasteiger partial charge on any atom is 0.286 e. The van der Waals surface area contributed by atoms with Crippen molar-refractivity contribution in [2.75, 3.05) is 5.32 Å². The monoisotopic (exact) mass is 379 g/mol. The van der Waals surface area contributed by atoms with Gasteiger partial charge in [0.25, 0.3) is 5.91 Å². The van der Waals surface area contributed by atoms with Gasteiger partial charge < -0.3 is 5.32 Å². The Balaban J connectivity index is 1.87. The first-order valence-electron chi connectivity index (χ1n) is 6.75. The van der Waals surface area contributed by atoms with Crippen LogP contribution in [0.15, 0.2) is 22.7 Å². The van der Waals surface area contributed by atoms with E-state index in [0.717, 1.165) is 21.5 Å². The molecule has 6 nitrogen and oxygen atoms in total. The number of amides is 1. The first-order valence-corrected chi connectivity index (χ1v) is 8.36. The molecular weight excluding hydrogens is 366 g/mol. The van der Waals surface area contributed by atoms with E-state index in [1.54, 1.807) is 4.52 Å². The molecule has 0 spiro atoms. The Morgan fingerprint density at radius 1 is 1.36 bits per heavy atom. The predicted molar refractivity (Wildman–Crippen MR) is 89.6 cm³/mol. The lowest BCUT2D eigenvalue weighted by molar-refractivity contribution is 0.102. The van der Waals surface area contributed by atoms with Crippen molar-refractivity contribution in [1.29, 1.82) is 0 Å². The van der Waals surface area contributed by atoms with Crippen LogP contribution in [0.3, 0.4) is 0 Å². The minimum atomic E-state index is -0.249. The highest BCUT2D eigenvalue weighted by atomic mass is 79.9. The van der Waals surface area contributed by atoms with E-state index in [9.17, 15) is 4.79 Å². The van der Waals surface area contributed by atoms with Crippen LogP contribution < -0.4 is 5.32 Å². The van der Waals surface area contributed by atoms with Gasteiger partial charge in [-0.15, -0.1) is 15.3 Å². The molecule has 0 aliphatic rings. The zero-order valence-electron chi connectivity index (χ0n) is 12.3. The average molecular weight is 380 g/mol. The number of hydrogen-bond acceptors (Lipinski definition) is 5. The predicted octanol–water partition coefficient (Wildman–Crippen LogP) is 3.63. The molecule has 1 N–H and O–H groups in total. The molecule has 0 saturated heterocycles. The Hall–Kier alpha value is -1.80. The van der Waals surface area contributed by atoms with Gasteiger partial charge in [-0.25, -0.2) is 0 Å². The van der Waals surface area contributed by atoms with Crippen molar-refractivity contribution < 1.29 is 4.79 Å². The minimum absolute atomic E-state index is 0.195. The summed E-state index contributed by atoms with van der Waals surface area (Å²) < 4.78 is 2.58. The molecule has 0 aliphatic heterocycles. The summed E-state index contributed by atoms with van der Waals surface area (Å²) in [5.41, 5.74) is 1.83. The molecule has 8 heteroatoms. The van der Waals surface area contributed by atoms with E-state index in [0.29, 0.717) is 9.97 Å². The van der Waals surface area contributed by atoms with Gasteiger partial charge in [-0.3, -0.25) is 4.79 Å². The summed E-state index contributed by atoms with van der Waals surface area (Å²) in [6.45, 7) is 6.02. The van der Waals surface area contributed by atoms with E-state index < -0.39 is 0 Å². The highest BCUT2D eigenvalue weighted by Gasteiger charge is 2.18. The highest BCUT2D eigenvalue weighted by Crippen LogP contribution is 2.22. The minimum Gasteiger partial charge on any atom is -0.320 e. The Labute approximate surface area is 139 Å². The summed E-state index contributed by atoms with van der Waals surface area (Å²) in [6.07, 6.45) is 0. The third-order valence-corrected chi connectivity index (χ3v) is 4.91. The Morgan fingerprint density at radius 2 is 2.14 bits per heavy atom. The summed E-state index contributed by atoms with van der Waals surface area (Å²) in [5, 5.41) is 15.7. The van der Waals surface area contributed by atoms with Crippen molar-refractivity contribution in [3.05, 3.63) is 39.1 Å². The third-order valence-electron chi connectivity index (χ3n) is 3.16. The van der Waals surface area contributed by atoms with Crippen molar-refractivity contribution >= 4 is 43.8 Å². The van der Waals surface area contributed by atoms with Crippen molar-refractivity contribution in [3.8, 4) is 0 Å². The van der Waals surface area contributed by atoms with E-state index in [1.165, 1.54) is 11.3 Å². The normalized spacial score (nSPS) is 11.3. The molecule has 2 heterocycles. The summed E-state index contributed by atoms with van der Waals surface area (Å²) >= 11 is 4.68. The molecule has 1 amide bonds. The fourth-order valence-electron chi connectivity index (χ4n) is 1.94. The highest BCUT2D eigenvalue weighted by molar-refractivity contribution is 9.10. The van der Waals surface area contributed by atoms with Gasteiger partial charge >= 0.3 is 0 Å². The van der Waals surface area contributed by atoms with Gasteiger partial charge in [-0.1, -0.05) is 47.2 Å². The van der Waals surface area contributed by atoms with Gasteiger partial charge in [0.05, 0.1) is 0 Å². The quantitative estimate of drug-likeness (QED) is 0.753. The zero-order valence-corrected chi connectivity index (χ0v) is 14.7. The van der Waals surface area contributed by atoms with Crippen molar-refractivity contribution in [1.82, 2.24) is 19.8 Å². The standard InChI is InChI=1S/C14H14BrN5OS/c1-7(2)11-17-18-14-20(11)19-13(22-14)12(21)16-9-5-4-8(3)10(15)6-9/h4-7H,1-3H3,(H,16,21). The van der Waals surface area contributed by atoms with Gasteiger partial charge in [0.1, 0.15) is 0 Å². The second-order valence-electron chi connectivity index (χ2n) is 5.23. The number of nitrogens with zero attached hydrogens (tertiary/aromatic N) is 4. The van der Waals surface area contributed by atoms with Crippen LogP contribution in [0.1, 0.15) is 41.0 Å². The molecule has 2 aromatic heterocycles. The molecule has 3 rings (SSSR count).